The number of benzene rings is 3. The van der Waals surface area contributed by atoms with Gasteiger partial charge >= 0.3 is 0 Å². The summed E-state index contributed by atoms with van der Waals surface area (Å²) in [4.78, 5) is 0. The molecule has 2 unspecified atom stereocenters. The van der Waals surface area contributed by atoms with Crippen LogP contribution in [0.25, 0.3) is 0 Å². The molecule has 3 aromatic rings. The van der Waals surface area contributed by atoms with Crippen molar-refractivity contribution in [3.8, 4) is 12.3 Å². The van der Waals surface area contributed by atoms with Crippen LogP contribution in [-0.4, -0.2) is 13.2 Å². The summed E-state index contributed by atoms with van der Waals surface area (Å²) in [7, 11) is 0. The zero-order chi connectivity index (χ0) is 23.6. The second-order valence-electron chi connectivity index (χ2n) is 8.11. The van der Waals surface area contributed by atoms with Gasteiger partial charge in [-0.15, -0.1) is 19.6 Å². The fraction of sp³-hybridized carbons (Fsp3) is 0.226. The van der Waals surface area contributed by atoms with Crippen LogP contribution in [0.1, 0.15) is 30.0 Å². The van der Waals surface area contributed by atoms with Gasteiger partial charge in [0.05, 0.1) is 12.2 Å². The van der Waals surface area contributed by atoms with E-state index in [9.17, 15) is 0 Å². The molecule has 4 rings (SSSR count). The molecule has 1 fully saturated rings. The van der Waals surface area contributed by atoms with Crippen molar-refractivity contribution in [2.45, 2.75) is 24.5 Å². The van der Waals surface area contributed by atoms with Crippen molar-refractivity contribution >= 4 is 0 Å². The predicted molar refractivity (Wildman–Crippen MR) is 137 cm³/mol. The Kier molecular flexibility index (Phi) is 8.44. The fourth-order valence-corrected chi connectivity index (χ4v) is 4.26. The summed E-state index contributed by atoms with van der Waals surface area (Å²) in [5.74, 6) is 3.25. The van der Waals surface area contributed by atoms with E-state index in [1.807, 2.05) is 72.8 Å². The lowest BCUT2D eigenvalue weighted by molar-refractivity contribution is 0.000386. The third-order valence-electron chi connectivity index (χ3n) is 6.15. The molecule has 1 aliphatic rings. The van der Waals surface area contributed by atoms with E-state index in [-0.39, 0.29) is 5.60 Å². The van der Waals surface area contributed by atoms with Gasteiger partial charge in [0.1, 0.15) is 0 Å². The average molecular weight is 437 g/mol. The molecule has 33 heavy (non-hydrogen) atoms. The molecule has 0 radical (unpaired) electrons. The van der Waals surface area contributed by atoms with Crippen LogP contribution in [-0.2, 0) is 20.7 Å². The van der Waals surface area contributed by atoms with Crippen molar-refractivity contribution < 1.29 is 9.47 Å². The van der Waals surface area contributed by atoms with Gasteiger partial charge in [0.15, 0.2) is 5.60 Å². The highest BCUT2D eigenvalue weighted by atomic mass is 16.5. The zero-order valence-electron chi connectivity index (χ0n) is 19.3. The first-order chi connectivity index (χ1) is 16.1. The number of rotatable bonds is 7. The molecule has 2 atom stereocenters. The van der Waals surface area contributed by atoms with Crippen molar-refractivity contribution in [1.29, 1.82) is 0 Å². The Bertz CT molecular complexity index is 1010. The number of hydrogen-bond acceptors (Lipinski definition) is 2. The fourth-order valence-electron chi connectivity index (χ4n) is 4.26. The van der Waals surface area contributed by atoms with Gasteiger partial charge in [-0.1, -0.05) is 109 Å². The molecule has 168 valence electrons. The van der Waals surface area contributed by atoms with Crippen LogP contribution in [0, 0.1) is 18.3 Å². The van der Waals surface area contributed by atoms with Crippen molar-refractivity contribution in [3.63, 3.8) is 0 Å². The maximum Gasteiger partial charge on any atom is 0.179 e. The summed E-state index contributed by atoms with van der Waals surface area (Å²) >= 11 is 0. The first-order valence-corrected chi connectivity index (χ1v) is 11.3. The lowest BCUT2D eigenvalue weighted by Crippen LogP contribution is -2.29. The molecule has 0 aliphatic carbocycles. The van der Waals surface area contributed by atoms with E-state index >= 15 is 0 Å². The Balaban J connectivity index is 0.000000194. The summed E-state index contributed by atoms with van der Waals surface area (Å²) in [6, 6.07) is 30.1. The van der Waals surface area contributed by atoms with Gasteiger partial charge in [0.25, 0.3) is 0 Å². The second kappa shape index (κ2) is 11.5. The van der Waals surface area contributed by atoms with E-state index < -0.39 is 5.60 Å². The predicted octanol–water partition coefficient (Wildman–Crippen LogP) is 6.89. The summed E-state index contributed by atoms with van der Waals surface area (Å²) in [6.45, 7) is 11.0. The summed E-state index contributed by atoms with van der Waals surface area (Å²) in [5.41, 5.74) is 2.12. The van der Waals surface area contributed by atoms with Gasteiger partial charge in [0.2, 0.25) is 0 Å². The van der Waals surface area contributed by atoms with Crippen LogP contribution in [0.15, 0.2) is 116 Å². The minimum Gasteiger partial charge on any atom is -0.370 e. The van der Waals surface area contributed by atoms with Crippen molar-refractivity contribution in [2.75, 3.05) is 13.2 Å². The summed E-state index contributed by atoms with van der Waals surface area (Å²) < 4.78 is 11.8. The average Bonchev–Trinajstić information content (AvgIpc) is 3.29. The van der Waals surface area contributed by atoms with Crippen LogP contribution in [0.4, 0.5) is 0 Å². The lowest BCUT2D eigenvalue weighted by atomic mass is 9.83. The number of ether oxygens (including phenoxy) is 2. The molecule has 1 aliphatic heterocycles. The zero-order valence-corrected chi connectivity index (χ0v) is 19.3. The molecule has 0 bridgehead atoms. The Morgan fingerprint density at radius 2 is 1.48 bits per heavy atom. The maximum atomic E-state index is 5.95. The third kappa shape index (κ3) is 5.34. The van der Waals surface area contributed by atoms with Crippen LogP contribution < -0.4 is 0 Å². The summed E-state index contributed by atoms with van der Waals surface area (Å²) in [5, 5.41) is 0. The lowest BCUT2D eigenvalue weighted by Gasteiger charge is -2.29. The molecule has 2 heteroatoms. The van der Waals surface area contributed by atoms with Gasteiger partial charge in [-0.3, -0.25) is 0 Å². The van der Waals surface area contributed by atoms with Gasteiger partial charge < -0.3 is 9.47 Å². The maximum absolute atomic E-state index is 5.95. The molecule has 0 aromatic heterocycles. The van der Waals surface area contributed by atoms with Crippen molar-refractivity contribution in [2.24, 2.45) is 5.92 Å². The van der Waals surface area contributed by atoms with E-state index in [4.69, 9.17) is 15.9 Å². The molecule has 0 amide bonds. The van der Waals surface area contributed by atoms with Crippen LogP contribution in [0.3, 0.4) is 0 Å². The molecular formula is C31H32O2. The smallest absolute Gasteiger partial charge is 0.179 e. The van der Waals surface area contributed by atoms with Crippen LogP contribution >= 0.6 is 0 Å². The highest BCUT2D eigenvalue weighted by Gasteiger charge is 2.39. The third-order valence-corrected chi connectivity index (χ3v) is 6.15. The van der Waals surface area contributed by atoms with E-state index in [2.05, 4.69) is 50.3 Å². The van der Waals surface area contributed by atoms with E-state index in [1.54, 1.807) is 6.08 Å². The van der Waals surface area contributed by atoms with Gasteiger partial charge in [0, 0.05) is 23.7 Å². The molecule has 1 heterocycles. The molecule has 0 N–H and O–H groups in total. The van der Waals surface area contributed by atoms with Crippen molar-refractivity contribution in [3.05, 3.63) is 133 Å². The monoisotopic (exact) mass is 436 g/mol. The SMILES string of the molecule is C#CC(OCC=C)(c1ccccc1)c1ccccc1.C=CC1CCOC1(C)c1ccccc1. The minimum absolute atomic E-state index is 0.164. The standard InChI is InChI=1S/C18H16O.C13H16O/c1-3-15-19-18(4-2,16-11-7-5-8-12-16)17-13-9-6-10-14-17;1-3-11-9-10-14-13(11,2)12-7-5-4-6-8-12/h2-3,5-14H,1,15H2;3-8,11H,1,9-10H2,2H3. The normalized spacial score (nSPS) is 19.6. The Morgan fingerprint density at radius 1 is 0.970 bits per heavy atom. The molecule has 0 spiro atoms. The second-order valence-corrected chi connectivity index (χ2v) is 8.11. The molecule has 3 aromatic carbocycles. The largest absolute Gasteiger partial charge is 0.370 e. The van der Waals surface area contributed by atoms with E-state index in [0.29, 0.717) is 12.5 Å². The quantitative estimate of drug-likeness (QED) is 0.297. The molecule has 2 nitrogen and oxygen atoms in total. The van der Waals surface area contributed by atoms with Crippen molar-refractivity contribution in [1.82, 2.24) is 0 Å². The van der Waals surface area contributed by atoms with Gasteiger partial charge in [-0.2, -0.15) is 0 Å². The molecule has 1 saturated heterocycles. The Hall–Kier alpha value is -3.38. The minimum atomic E-state index is -0.864. The molecular weight excluding hydrogens is 404 g/mol. The Morgan fingerprint density at radius 3 is 1.94 bits per heavy atom. The highest BCUT2D eigenvalue weighted by molar-refractivity contribution is 5.44. The molecule has 0 saturated carbocycles. The highest BCUT2D eigenvalue weighted by Crippen LogP contribution is 2.41. The first-order valence-electron chi connectivity index (χ1n) is 11.3. The topological polar surface area (TPSA) is 18.5 Å². The van der Waals surface area contributed by atoms with Gasteiger partial charge in [-0.05, 0) is 18.9 Å². The Labute approximate surface area is 198 Å². The number of hydrogen-bond donors (Lipinski definition) is 0. The van der Waals surface area contributed by atoms with Crippen LogP contribution in [0.5, 0.6) is 0 Å². The van der Waals surface area contributed by atoms with Gasteiger partial charge in [-0.25, -0.2) is 0 Å². The van der Waals surface area contributed by atoms with E-state index in [1.165, 1.54) is 5.56 Å². The van der Waals surface area contributed by atoms with Crippen LogP contribution in [0.2, 0.25) is 0 Å². The number of terminal acetylenes is 1. The first kappa shape index (κ1) is 24.3. The van der Waals surface area contributed by atoms with E-state index in [0.717, 1.165) is 24.2 Å². The summed E-state index contributed by atoms with van der Waals surface area (Å²) in [6.07, 6.45) is 10.6.